The summed E-state index contributed by atoms with van der Waals surface area (Å²) in [5, 5.41) is 0. The second-order valence-corrected chi connectivity index (χ2v) is 9.13. The standard InChI is InChI=1S/C24H29N3O4/c1-31-24(30)17-4-2-16(3-5-17)15-26-10-8-25(9-11-26)12-13-27-22(28)20-18-6-7-19(14-18)21(20)23(27)29/h2-7,18-21H,8-15H2,1H3/t18-,19+,20-,21-/m0/s1. The van der Waals surface area contributed by atoms with Gasteiger partial charge in [-0.15, -0.1) is 0 Å². The van der Waals surface area contributed by atoms with Crippen LogP contribution < -0.4 is 0 Å². The molecule has 0 radical (unpaired) electrons. The fraction of sp³-hybridized carbons (Fsp3) is 0.542. The van der Waals surface area contributed by atoms with E-state index in [1.165, 1.54) is 17.6 Å². The molecule has 7 heteroatoms. The molecule has 5 rings (SSSR count). The zero-order chi connectivity index (χ0) is 21.5. The van der Waals surface area contributed by atoms with E-state index in [0.717, 1.165) is 45.7 Å². The van der Waals surface area contributed by atoms with Gasteiger partial charge in [-0.1, -0.05) is 24.3 Å². The number of likely N-dealkylation sites (tertiary alicyclic amines) is 1. The van der Waals surface area contributed by atoms with E-state index >= 15 is 0 Å². The van der Waals surface area contributed by atoms with Crippen LogP contribution in [0.25, 0.3) is 0 Å². The maximum Gasteiger partial charge on any atom is 0.337 e. The molecule has 2 amide bonds. The minimum atomic E-state index is -0.317. The van der Waals surface area contributed by atoms with Crippen molar-refractivity contribution in [2.24, 2.45) is 23.7 Å². The number of imide groups is 1. The Morgan fingerprint density at radius 1 is 0.903 bits per heavy atom. The molecule has 164 valence electrons. The molecule has 31 heavy (non-hydrogen) atoms. The number of esters is 1. The summed E-state index contributed by atoms with van der Waals surface area (Å²) in [6.45, 7) is 5.85. The van der Waals surface area contributed by atoms with Crippen molar-refractivity contribution in [3.8, 4) is 0 Å². The van der Waals surface area contributed by atoms with Crippen molar-refractivity contribution in [2.45, 2.75) is 13.0 Å². The number of allylic oxidation sites excluding steroid dienone is 2. The van der Waals surface area contributed by atoms with E-state index in [-0.39, 0.29) is 41.5 Å². The van der Waals surface area contributed by atoms with Gasteiger partial charge in [-0.3, -0.25) is 24.3 Å². The molecule has 2 aliphatic carbocycles. The molecule has 2 heterocycles. The normalized spacial score (nSPS) is 30.3. The Kier molecular flexibility index (Phi) is 5.40. The monoisotopic (exact) mass is 423 g/mol. The lowest BCUT2D eigenvalue weighted by molar-refractivity contribution is -0.141. The molecule has 2 saturated heterocycles. The summed E-state index contributed by atoms with van der Waals surface area (Å²) >= 11 is 0. The predicted octanol–water partition coefficient (Wildman–Crippen LogP) is 1.40. The van der Waals surface area contributed by atoms with Crippen molar-refractivity contribution < 1.29 is 19.1 Å². The summed E-state index contributed by atoms with van der Waals surface area (Å²) < 4.78 is 4.74. The highest BCUT2D eigenvalue weighted by atomic mass is 16.5. The van der Waals surface area contributed by atoms with Crippen molar-refractivity contribution in [3.05, 3.63) is 47.5 Å². The van der Waals surface area contributed by atoms with Gasteiger partial charge in [-0.2, -0.15) is 0 Å². The van der Waals surface area contributed by atoms with Gasteiger partial charge in [0.05, 0.1) is 24.5 Å². The second-order valence-electron chi connectivity index (χ2n) is 9.13. The van der Waals surface area contributed by atoms with Crippen LogP contribution in [0.3, 0.4) is 0 Å². The molecule has 2 bridgehead atoms. The molecular formula is C24H29N3O4. The van der Waals surface area contributed by atoms with E-state index < -0.39 is 0 Å². The van der Waals surface area contributed by atoms with E-state index in [0.29, 0.717) is 12.1 Å². The molecule has 7 nitrogen and oxygen atoms in total. The fourth-order valence-corrected chi connectivity index (χ4v) is 5.72. The highest BCUT2D eigenvalue weighted by Crippen LogP contribution is 2.52. The molecule has 0 aromatic heterocycles. The molecule has 0 unspecified atom stereocenters. The zero-order valence-corrected chi connectivity index (χ0v) is 17.9. The third kappa shape index (κ3) is 3.70. The van der Waals surface area contributed by atoms with Crippen LogP contribution in [0, 0.1) is 23.7 Å². The molecule has 4 aliphatic rings. The van der Waals surface area contributed by atoms with Gasteiger partial charge in [0.25, 0.3) is 0 Å². The smallest absolute Gasteiger partial charge is 0.337 e. The van der Waals surface area contributed by atoms with E-state index in [2.05, 4.69) is 22.0 Å². The highest BCUT2D eigenvalue weighted by molar-refractivity contribution is 6.06. The Labute approximate surface area is 182 Å². The van der Waals surface area contributed by atoms with E-state index in [9.17, 15) is 14.4 Å². The first-order valence-electron chi connectivity index (χ1n) is 11.2. The number of piperazine rings is 1. The van der Waals surface area contributed by atoms with Crippen LogP contribution in [-0.2, 0) is 20.9 Å². The Bertz CT molecular complexity index is 874. The number of rotatable bonds is 6. The summed E-state index contributed by atoms with van der Waals surface area (Å²) in [6.07, 6.45) is 5.26. The predicted molar refractivity (Wildman–Crippen MR) is 114 cm³/mol. The number of benzene rings is 1. The van der Waals surface area contributed by atoms with Gasteiger partial charge in [0.15, 0.2) is 0 Å². The molecule has 1 aromatic carbocycles. The number of hydrogen-bond donors (Lipinski definition) is 0. The second kappa shape index (κ2) is 8.20. The van der Waals surface area contributed by atoms with E-state index in [1.807, 2.05) is 12.1 Å². The third-order valence-corrected chi connectivity index (χ3v) is 7.45. The van der Waals surface area contributed by atoms with Crippen LogP contribution in [0.5, 0.6) is 0 Å². The number of nitrogens with zero attached hydrogens (tertiary/aromatic N) is 3. The van der Waals surface area contributed by atoms with Gasteiger partial charge in [0.1, 0.15) is 0 Å². The van der Waals surface area contributed by atoms with Gasteiger partial charge in [-0.25, -0.2) is 4.79 Å². The van der Waals surface area contributed by atoms with Gasteiger partial charge in [-0.05, 0) is 36.0 Å². The molecular weight excluding hydrogens is 394 g/mol. The lowest BCUT2D eigenvalue weighted by Gasteiger charge is -2.35. The number of hydrogen-bond acceptors (Lipinski definition) is 6. The molecule has 0 spiro atoms. The first kappa shape index (κ1) is 20.4. The fourth-order valence-electron chi connectivity index (χ4n) is 5.72. The first-order valence-corrected chi connectivity index (χ1v) is 11.2. The number of ether oxygens (including phenoxy) is 1. The van der Waals surface area contributed by atoms with Crippen molar-refractivity contribution in [3.63, 3.8) is 0 Å². The van der Waals surface area contributed by atoms with Gasteiger partial charge in [0, 0.05) is 45.8 Å². The van der Waals surface area contributed by atoms with Crippen molar-refractivity contribution in [1.29, 1.82) is 0 Å². The highest BCUT2D eigenvalue weighted by Gasteiger charge is 2.59. The average molecular weight is 424 g/mol. The quantitative estimate of drug-likeness (QED) is 0.391. The van der Waals surface area contributed by atoms with Gasteiger partial charge in [0.2, 0.25) is 11.8 Å². The topological polar surface area (TPSA) is 70.2 Å². The van der Waals surface area contributed by atoms with E-state index in [1.54, 1.807) is 12.1 Å². The van der Waals surface area contributed by atoms with Crippen LogP contribution in [0.2, 0.25) is 0 Å². The molecule has 3 fully saturated rings. The van der Waals surface area contributed by atoms with Crippen molar-refractivity contribution >= 4 is 17.8 Å². The van der Waals surface area contributed by atoms with Crippen LogP contribution in [0.4, 0.5) is 0 Å². The number of carbonyl (C=O) groups excluding carboxylic acids is 3. The van der Waals surface area contributed by atoms with Crippen molar-refractivity contribution in [2.75, 3.05) is 46.4 Å². The lowest BCUT2D eigenvalue weighted by Crippen LogP contribution is -2.48. The maximum atomic E-state index is 12.8. The summed E-state index contributed by atoms with van der Waals surface area (Å²) in [6, 6.07) is 7.56. The Morgan fingerprint density at radius 3 is 2.06 bits per heavy atom. The van der Waals surface area contributed by atoms with Crippen LogP contribution in [0.1, 0.15) is 22.3 Å². The molecule has 1 aromatic rings. The summed E-state index contributed by atoms with van der Waals surface area (Å²) in [7, 11) is 1.39. The van der Waals surface area contributed by atoms with Gasteiger partial charge < -0.3 is 4.74 Å². The molecule has 4 atom stereocenters. The summed E-state index contributed by atoms with van der Waals surface area (Å²) in [4.78, 5) is 43.5. The number of amides is 2. The van der Waals surface area contributed by atoms with Crippen LogP contribution in [0.15, 0.2) is 36.4 Å². The first-order chi connectivity index (χ1) is 15.0. The average Bonchev–Trinajstić information content (AvgIpc) is 3.48. The number of fused-ring (bicyclic) bond motifs is 5. The Hall–Kier alpha value is -2.51. The Morgan fingerprint density at radius 2 is 1.48 bits per heavy atom. The largest absolute Gasteiger partial charge is 0.465 e. The summed E-state index contributed by atoms with van der Waals surface area (Å²) in [5.74, 6) is 0.169. The lowest BCUT2D eigenvalue weighted by atomic mass is 9.85. The zero-order valence-electron chi connectivity index (χ0n) is 17.9. The van der Waals surface area contributed by atoms with Crippen LogP contribution in [-0.4, -0.2) is 78.9 Å². The number of carbonyl (C=O) groups is 3. The summed E-state index contributed by atoms with van der Waals surface area (Å²) in [5.41, 5.74) is 1.74. The third-order valence-electron chi connectivity index (χ3n) is 7.45. The maximum absolute atomic E-state index is 12.8. The molecule has 2 aliphatic heterocycles. The van der Waals surface area contributed by atoms with Crippen molar-refractivity contribution in [1.82, 2.24) is 14.7 Å². The minimum Gasteiger partial charge on any atom is -0.465 e. The van der Waals surface area contributed by atoms with Gasteiger partial charge >= 0.3 is 5.97 Å². The molecule has 1 saturated carbocycles. The minimum absolute atomic E-state index is 0.0564. The Balaban J connectivity index is 1.08. The van der Waals surface area contributed by atoms with Crippen LogP contribution >= 0.6 is 0 Å². The molecule has 0 N–H and O–H groups in total. The number of methoxy groups -OCH3 is 1. The SMILES string of the molecule is COC(=O)c1ccc(CN2CCN(CCN3C(=O)[C@@H]4[C@@H](C3=O)[C@H]3C=C[C@@H]4C3)CC2)cc1. The van der Waals surface area contributed by atoms with E-state index in [4.69, 9.17) is 4.74 Å².